The van der Waals surface area contributed by atoms with Crippen LogP contribution in [-0.4, -0.2) is 24.5 Å². The van der Waals surface area contributed by atoms with Gasteiger partial charge in [-0.2, -0.15) is 0 Å². The molecule has 0 aromatic heterocycles. The number of carbonyl (C=O) groups is 1. The summed E-state index contributed by atoms with van der Waals surface area (Å²) in [5, 5.41) is 6.54. The molecule has 2 aliphatic rings. The lowest BCUT2D eigenvalue weighted by molar-refractivity contribution is 0.0924. The lowest BCUT2D eigenvalue weighted by Crippen LogP contribution is -2.41. The first kappa shape index (κ1) is 13.6. The van der Waals surface area contributed by atoms with Crippen molar-refractivity contribution < 1.29 is 4.79 Å². The minimum atomic E-state index is 0.0872. The molecule has 1 heterocycles. The molecular formula is C16H23N3O. The Labute approximate surface area is 120 Å². The van der Waals surface area contributed by atoms with Crippen LogP contribution in [-0.2, 0) is 13.0 Å². The monoisotopic (exact) mass is 273 g/mol. The maximum absolute atomic E-state index is 12.5. The minimum absolute atomic E-state index is 0.0872. The van der Waals surface area contributed by atoms with Crippen LogP contribution in [0.3, 0.4) is 0 Å². The summed E-state index contributed by atoms with van der Waals surface area (Å²) in [7, 11) is 0. The quantitative estimate of drug-likeness (QED) is 0.761. The lowest BCUT2D eigenvalue weighted by atomic mass is 9.91. The van der Waals surface area contributed by atoms with Gasteiger partial charge in [-0.25, -0.2) is 0 Å². The van der Waals surface area contributed by atoms with Gasteiger partial charge in [0.15, 0.2) is 0 Å². The highest BCUT2D eigenvalue weighted by molar-refractivity contribution is 5.96. The predicted octanol–water partition coefficient (Wildman–Crippen LogP) is 1.33. The highest BCUT2D eigenvalue weighted by atomic mass is 16.1. The number of amides is 1. The highest BCUT2D eigenvalue weighted by Crippen LogP contribution is 2.21. The topological polar surface area (TPSA) is 67.1 Å². The third kappa shape index (κ3) is 2.86. The van der Waals surface area contributed by atoms with E-state index in [2.05, 4.69) is 16.7 Å². The maximum Gasteiger partial charge on any atom is 0.251 e. The fourth-order valence-electron chi connectivity index (χ4n) is 3.27. The molecule has 3 rings (SSSR count). The van der Waals surface area contributed by atoms with Crippen LogP contribution in [0.25, 0.3) is 0 Å². The van der Waals surface area contributed by atoms with Crippen LogP contribution in [0.4, 0.5) is 0 Å². The SMILES string of the molecule is NC1CCC(NC(=O)c2cccc3c2CCNC3)CC1. The molecule has 108 valence electrons. The zero-order valence-corrected chi connectivity index (χ0v) is 11.8. The molecule has 0 saturated heterocycles. The van der Waals surface area contributed by atoms with Crippen molar-refractivity contribution in [3.63, 3.8) is 0 Å². The normalized spacial score (nSPS) is 25.9. The second-order valence-electron chi connectivity index (χ2n) is 5.96. The summed E-state index contributed by atoms with van der Waals surface area (Å²) in [5.74, 6) is 0.0872. The number of hydrogen-bond donors (Lipinski definition) is 3. The van der Waals surface area contributed by atoms with E-state index in [9.17, 15) is 4.79 Å². The van der Waals surface area contributed by atoms with E-state index >= 15 is 0 Å². The Morgan fingerprint density at radius 1 is 1.25 bits per heavy atom. The summed E-state index contributed by atoms with van der Waals surface area (Å²) in [5.41, 5.74) is 9.25. The lowest BCUT2D eigenvalue weighted by Gasteiger charge is -2.27. The molecule has 0 atom stereocenters. The zero-order valence-electron chi connectivity index (χ0n) is 11.8. The van der Waals surface area contributed by atoms with E-state index in [1.54, 1.807) is 0 Å². The molecular weight excluding hydrogens is 250 g/mol. The van der Waals surface area contributed by atoms with E-state index < -0.39 is 0 Å². The Morgan fingerprint density at radius 2 is 2.05 bits per heavy atom. The average Bonchev–Trinajstić information content (AvgIpc) is 2.49. The van der Waals surface area contributed by atoms with Crippen LogP contribution in [0, 0.1) is 0 Å². The summed E-state index contributed by atoms with van der Waals surface area (Å²) >= 11 is 0. The van der Waals surface area contributed by atoms with Gasteiger partial charge in [-0.15, -0.1) is 0 Å². The van der Waals surface area contributed by atoms with E-state index in [0.717, 1.165) is 50.8 Å². The number of rotatable bonds is 2. The smallest absolute Gasteiger partial charge is 0.251 e. The number of nitrogens with one attached hydrogen (secondary N) is 2. The van der Waals surface area contributed by atoms with E-state index in [-0.39, 0.29) is 5.91 Å². The summed E-state index contributed by atoms with van der Waals surface area (Å²) in [6.45, 7) is 1.82. The number of carbonyl (C=O) groups excluding carboxylic acids is 1. The first-order valence-corrected chi connectivity index (χ1v) is 7.62. The first-order valence-electron chi connectivity index (χ1n) is 7.62. The van der Waals surface area contributed by atoms with Gasteiger partial charge in [-0.1, -0.05) is 12.1 Å². The summed E-state index contributed by atoms with van der Waals surface area (Å²) in [6.07, 6.45) is 4.98. The second kappa shape index (κ2) is 5.94. The molecule has 0 spiro atoms. The van der Waals surface area contributed by atoms with Crippen molar-refractivity contribution >= 4 is 5.91 Å². The van der Waals surface area contributed by atoms with Crippen LogP contribution >= 0.6 is 0 Å². The zero-order chi connectivity index (χ0) is 13.9. The van der Waals surface area contributed by atoms with Gasteiger partial charge in [-0.05, 0) is 55.8 Å². The number of nitrogens with two attached hydrogens (primary N) is 1. The molecule has 1 aliphatic heterocycles. The predicted molar refractivity (Wildman–Crippen MR) is 79.6 cm³/mol. The second-order valence-corrected chi connectivity index (χ2v) is 5.96. The molecule has 1 amide bonds. The van der Waals surface area contributed by atoms with Crippen molar-refractivity contribution in [1.82, 2.24) is 10.6 Å². The van der Waals surface area contributed by atoms with Crippen molar-refractivity contribution in [2.45, 2.75) is 50.7 Å². The largest absolute Gasteiger partial charge is 0.349 e. The van der Waals surface area contributed by atoms with Crippen molar-refractivity contribution in [3.05, 3.63) is 34.9 Å². The molecule has 1 fully saturated rings. The van der Waals surface area contributed by atoms with Gasteiger partial charge >= 0.3 is 0 Å². The van der Waals surface area contributed by atoms with Crippen molar-refractivity contribution in [1.29, 1.82) is 0 Å². The Morgan fingerprint density at radius 3 is 2.85 bits per heavy atom. The summed E-state index contributed by atoms with van der Waals surface area (Å²) in [4.78, 5) is 12.5. The van der Waals surface area contributed by atoms with Crippen LogP contribution in [0.1, 0.15) is 47.2 Å². The first-order chi connectivity index (χ1) is 9.74. The summed E-state index contributed by atoms with van der Waals surface area (Å²) in [6, 6.07) is 6.65. The van der Waals surface area contributed by atoms with Crippen LogP contribution in [0.2, 0.25) is 0 Å². The molecule has 1 aromatic carbocycles. The molecule has 0 radical (unpaired) electrons. The average molecular weight is 273 g/mol. The van der Waals surface area contributed by atoms with Gasteiger partial charge in [0.05, 0.1) is 0 Å². The molecule has 0 unspecified atom stereocenters. The van der Waals surface area contributed by atoms with Gasteiger partial charge < -0.3 is 16.4 Å². The van der Waals surface area contributed by atoms with E-state index in [1.807, 2.05) is 12.1 Å². The molecule has 20 heavy (non-hydrogen) atoms. The van der Waals surface area contributed by atoms with Crippen molar-refractivity contribution in [2.24, 2.45) is 5.73 Å². The molecule has 1 saturated carbocycles. The maximum atomic E-state index is 12.5. The highest BCUT2D eigenvalue weighted by Gasteiger charge is 2.22. The van der Waals surface area contributed by atoms with E-state index in [1.165, 1.54) is 11.1 Å². The summed E-state index contributed by atoms with van der Waals surface area (Å²) < 4.78 is 0. The molecule has 1 aromatic rings. The number of hydrogen-bond acceptors (Lipinski definition) is 3. The molecule has 4 heteroatoms. The molecule has 1 aliphatic carbocycles. The van der Waals surface area contributed by atoms with E-state index in [0.29, 0.717) is 12.1 Å². The van der Waals surface area contributed by atoms with Gasteiger partial charge in [0.2, 0.25) is 0 Å². The van der Waals surface area contributed by atoms with Crippen LogP contribution in [0.5, 0.6) is 0 Å². The molecule has 4 N–H and O–H groups in total. The van der Waals surface area contributed by atoms with E-state index in [4.69, 9.17) is 5.73 Å². The number of fused-ring (bicyclic) bond motifs is 1. The van der Waals surface area contributed by atoms with Gasteiger partial charge in [0, 0.05) is 24.2 Å². The third-order valence-electron chi connectivity index (χ3n) is 4.49. The Kier molecular flexibility index (Phi) is 4.03. The Bertz CT molecular complexity index is 492. The number of benzene rings is 1. The Balaban J connectivity index is 1.71. The minimum Gasteiger partial charge on any atom is -0.349 e. The van der Waals surface area contributed by atoms with Gasteiger partial charge in [0.25, 0.3) is 5.91 Å². The fraction of sp³-hybridized carbons (Fsp3) is 0.562. The van der Waals surface area contributed by atoms with Crippen LogP contribution in [0.15, 0.2) is 18.2 Å². The standard InChI is InChI=1S/C16H23N3O/c17-12-4-6-13(7-5-12)19-16(20)15-3-1-2-11-10-18-9-8-14(11)15/h1-3,12-13,18H,4-10,17H2,(H,19,20). The molecule has 0 bridgehead atoms. The van der Waals surface area contributed by atoms with Gasteiger partial charge in [-0.3, -0.25) is 4.79 Å². The molecule has 4 nitrogen and oxygen atoms in total. The fourth-order valence-corrected chi connectivity index (χ4v) is 3.27. The van der Waals surface area contributed by atoms with Crippen molar-refractivity contribution in [2.75, 3.05) is 6.54 Å². The Hall–Kier alpha value is -1.39. The third-order valence-corrected chi connectivity index (χ3v) is 4.49. The van der Waals surface area contributed by atoms with Crippen LogP contribution < -0.4 is 16.4 Å². The van der Waals surface area contributed by atoms with Gasteiger partial charge in [0.1, 0.15) is 0 Å². The van der Waals surface area contributed by atoms with Crippen molar-refractivity contribution in [3.8, 4) is 0 Å².